The number of nitrogens with two attached hydrogens (primary N) is 1. The van der Waals surface area contributed by atoms with Gasteiger partial charge in [-0.05, 0) is 6.42 Å². The predicted octanol–water partition coefficient (Wildman–Crippen LogP) is 0.216. The maximum absolute atomic E-state index is 5.26. The highest BCUT2D eigenvalue weighted by Crippen LogP contribution is 1.72. The molecule has 0 aliphatic rings. The number of hydrazine groups is 1. The number of nitrogens with zero attached hydrogens (tertiary/aromatic N) is 3. The molecule has 4 heteroatoms. The fraction of sp³-hybridized carbons (Fsp3) is 0.600. The zero-order valence-electron chi connectivity index (χ0n) is 5.78. The van der Waals surface area contributed by atoms with Crippen LogP contribution in [0.5, 0.6) is 0 Å². The van der Waals surface area contributed by atoms with Crippen molar-refractivity contribution in [3.05, 3.63) is 0 Å². The molecule has 4 nitrogen and oxygen atoms in total. The van der Waals surface area contributed by atoms with Crippen molar-refractivity contribution in [2.24, 2.45) is 15.9 Å². The molecule has 0 fully saturated rings. The number of hydrazone groups is 1. The van der Waals surface area contributed by atoms with Crippen LogP contribution in [0.15, 0.2) is 10.1 Å². The van der Waals surface area contributed by atoms with Crippen molar-refractivity contribution in [2.45, 2.75) is 13.3 Å². The van der Waals surface area contributed by atoms with Crippen molar-refractivity contribution in [3.8, 4) is 0 Å². The van der Waals surface area contributed by atoms with Gasteiger partial charge in [-0.2, -0.15) is 10.2 Å². The number of rotatable bonds is 3. The van der Waals surface area contributed by atoms with Crippen molar-refractivity contribution in [3.63, 3.8) is 0 Å². The van der Waals surface area contributed by atoms with Gasteiger partial charge in [0.05, 0.1) is 0 Å². The summed E-state index contributed by atoms with van der Waals surface area (Å²) in [5, 5.41) is 4.94. The largest absolute Gasteiger partial charge is 0.276 e. The molecule has 0 unspecified atom stereocenters. The molecule has 2 N–H and O–H groups in total. The third-order valence-electron chi connectivity index (χ3n) is 0.631. The Balaban J connectivity index is 3.48. The smallest absolute Gasteiger partial charge is 0.124 e. The molecule has 0 spiro atoms. The first kappa shape index (κ1) is 8.10. The topological polar surface area (TPSA) is 54.0 Å². The first-order valence-corrected chi connectivity index (χ1v) is 2.80. The minimum Gasteiger partial charge on any atom is -0.276 e. The standard InChI is InChI=1S/C5H12N4/c1-3-4-8-9(6)5-7-2/h4-5H,3,6H2,1-2H3/b7-5?,8-4-. The van der Waals surface area contributed by atoms with E-state index in [4.69, 9.17) is 5.84 Å². The summed E-state index contributed by atoms with van der Waals surface area (Å²) in [4.78, 5) is 3.65. The molecule has 52 valence electrons. The predicted molar refractivity (Wildman–Crippen MR) is 39.2 cm³/mol. The van der Waals surface area contributed by atoms with Crippen molar-refractivity contribution in [1.29, 1.82) is 0 Å². The Bertz CT molecular complexity index is 108. The summed E-state index contributed by atoms with van der Waals surface area (Å²) in [6.45, 7) is 1.99. The highest BCUT2D eigenvalue weighted by molar-refractivity contribution is 5.60. The first-order valence-electron chi connectivity index (χ1n) is 2.80. The third-order valence-corrected chi connectivity index (χ3v) is 0.631. The first-order chi connectivity index (χ1) is 4.31. The molecular formula is C5H12N4. The molecule has 0 aromatic carbocycles. The van der Waals surface area contributed by atoms with E-state index in [1.54, 1.807) is 13.3 Å². The van der Waals surface area contributed by atoms with E-state index in [1.165, 1.54) is 11.5 Å². The van der Waals surface area contributed by atoms with Crippen LogP contribution in [0, 0.1) is 0 Å². The summed E-state index contributed by atoms with van der Waals surface area (Å²) in [5.74, 6) is 5.26. The molecule has 0 aliphatic heterocycles. The van der Waals surface area contributed by atoms with E-state index >= 15 is 0 Å². The van der Waals surface area contributed by atoms with Crippen LogP contribution in [0.3, 0.4) is 0 Å². The van der Waals surface area contributed by atoms with Crippen molar-refractivity contribution in [1.82, 2.24) is 5.12 Å². The van der Waals surface area contributed by atoms with Crippen molar-refractivity contribution in [2.75, 3.05) is 7.05 Å². The average molecular weight is 128 g/mol. The van der Waals surface area contributed by atoms with Crippen LogP contribution < -0.4 is 5.84 Å². The Morgan fingerprint density at radius 3 is 2.78 bits per heavy atom. The Morgan fingerprint density at radius 1 is 1.67 bits per heavy atom. The summed E-state index contributed by atoms with van der Waals surface area (Å²) < 4.78 is 0. The van der Waals surface area contributed by atoms with Crippen LogP contribution in [-0.4, -0.2) is 24.7 Å². The Kier molecular flexibility index (Phi) is 4.72. The van der Waals surface area contributed by atoms with Crippen molar-refractivity contribution >= 4 is 12.6 Å². The summed E-state index contributed by atoms with van der Waals surface area (Å²) in [6.07, 6.45) is 4.03. The van der Waals surface area contributed by atoms with E-state index in [-0.39, 0.29) is 0 Å². The van der Waals surface area contributed by atoms with Crippen LogP contribution in [0.25, 0.3) is 0 Å². The summed E-state index contributed by atoms with van der Waals surface area (Å²) in [7, 11) is 1.64. The lowest BCUT2D eigenvalue weighted by molar-refractivity contribution is 0.486. The van der Waals surface area contributed by atoms with Crippen LogP contribution in [0.2, 0.25) is 0 Å². The second-order valence-electron chi connectivity index (χ2n) is 1.46. The Hall–Kier alpha value is -0.900. The second-order valence-corrected chi connectivity index (χ2v) is 1.46. The molecule has 0 aromatic rings. The summed E-state index contributed by atoms with van der Waals surface area (Å²) in [6, 6.07) is 0. The third kappa shape index (κ3) is 4.96. The van der Waals surface area contributed by atoms with E-state index in [0.29, 0.717) is 0 Å². The van der Waals surface area contributed by atoms with Crippen molar-refractivity contribution < 1.29 is 0 Å². The molecule has 9 heavy (non-hydrogen) atoms. The summed E-state index contributed by atoms with van der Waals surface area (Å²) in [5.41, 5.74) is 0. The molecule has 0 saturated carbocycles. The molecule has 0 aliphatic carbocycles. The van der Waals surface area contributed by atoms with Crippen LogP contribution in [-0.2, 0) is 0 Å². The zero-order valence-corrected chi connectivity index (χ0v) is 5.78. The lowest BCUT2D eigenvalue weighted by Gasteiger charge is -2.01. The molecule has 0 atom stereocenters. The van der Waals surface area contributed by atoms with E-state index in [2.05, 4.69) is 10.1 Å². The summed E-state index contributed by atoms with van der Waals surface area (Å²) >= 11 is 0. The molecule has 0 aromatic heterocycles. The minimum absolute atomic E-state index is 0.880. The maximum Gasteiger partial charge on any atom is 0.124 e. The molecule has 0 amide bonds. The van der Waals surface area contributed by atoms with Crippen LogP contribution in [0.1, 0.15) is 13.3 Å². The van der Waals surface area contributed by atoms with Gasteiger partial charge >= 0.3 is 0 Å². The van der Waals surface area contributed by atoms with Gasteiger partial charge in [0.2, 0.25) is 0 Å². The van der Waals surface area contributed by atoms with Crippen LogP contribution in [0.4, 0.5) is 0 Å². The fourth-order valence-electron chi connectivity index (χ4n) is 0.324. The molecule has 0 heterocycles. The normalized spacial score (nSPS) is 11.4. The van der Waals surface area contributed by atoms with Gasteiger partial charge in [-0.25, -0.2) is 5.84 Å². The molecular weight excluding hydrogens is 116 g/mol. The number of aliphatic imine (C=N–C) groups is 1. The maximum atomic E-state index is 5.26. The van der Waals surface area contributed by atoms with E-state index in [1.807, 2.05) is 6.92 Å². The van der Waals surface area contributed by atoms with Gasteiger partial charge in [-0.3, -0.25) is 4.99 Å². The van der Waals surface area contributed by atoms with E-state index < -0.39 is 0 Å². The lowest BCUT2D eigenvalue weighted by Crippen LogP contribution is -2.22. The van der Waals surface area contributed by atoms with E-state index in [0.717, 1.165) is 6.42 Å². The van der Waals surface area contributed by atoms with Gasteiger partial charge in [-0.1, -0.05) is 6.92 Å². The second kappa shape index (κ2) is 5.24. The molecule has 0 radical (unpaired) electrons. The Labute approximate surface area is 55.0 Å². The van der Waals surface area contributed by atoms with Gasteiger partial charge < -0.3 is 0 Å². The van der Waals surface area contributed by atoms with Gasteiger partial charge in [0.25, 0.3) is 0 Å². The molecule has 0 bridgehead atoms. The van der Waals surface area contributed by atoms with Gasteiger partial charge in [-0.15, -0.1) is 0 Å². The number of hydrogen-bond acceptors (Lipinski definition) is 3. The van der Waals surface area contributed by atoms with Crippen LogP contribution >= 0.6 is 0 Å². The quantitative estimate of drug-likeness (QED) is 0.256. The lowest BCUT2D eigenvalue weighted by atomic mass is 10.6. The number of hydrogen-bond donors (Lipinski definition) is 1. The highest BCUT2D eigenvalue weighted by atomic mass is 15.6. The zero-order chi connectivity index (χ0) is 7.11. The molecule has 0 saturated heterocycles. The fourth-order valence-corrected chi connectivity index (χ4v) is 0.324. The molecule has 0 rings (SSSR count). The Morgan fingerprint density at radius 2 is 2.33 bits per heavy atom. The van der Waals surface area contributed by atoms with E-state index in [9.17, 15) is 0 Å². The SMILES string of the molecule is CC/C=N\N(N)C=NC. The van der Waals surface area contributed by atoms with Gasteiger partial charge in [0, 0.05) is 13.3 Å². The van der Waals surface area contributed by atoms with Gasteiger partial charge in [0.1, 0.15) is 6.34 Å². The minimum atomic E-state index is 0.880. The average Bonchev–Trinajstić information content (AvgIpc) is 1.85. The monoisotopic (exact) mass is 128 g/mol. The highest BCUT2D eigenvalue weighted by Gasteiger charge is 1.78. The van der Waals surface area contributed by atoms with Gasteiger partial charge in [0.15, 0.2) is 0 Å².